The molecule has 0 atom stereocenters. The average Bonchev–Trinajstić information content (AvgIpc) is 3.01. The molecule has 1 saturated carbocycles. The monoisotopic (exact) mass is 322 g/mol. The Morgan fingerprint density at radius 3 is 2.09 bits per heavy atom. The molecule has 2 aliphatic rings. The van der Waals surface area contributed by atoms with Gasteiger partial charge in [0.05, 0.1) is 4.90 Å². The molecular formula is C17H26N2O2S. The van der Waals surface area contributed by atoms with E-state index in [-0.39, 0.29) is 0 Å². The van der Waals surface area contributed by atoms with Gasteiger partial charge in [0.15, 0.2) is 0 Å². The fraction of sp³-hybridized carbons (Fsp3) is 0.647. The fourth-order valence-electron chi connectivity index (χ4n) is 3.55. The SMILES string of the molecule is Cc1ccc(S(=O)(=O)N2CCC(NC3CCCC3)CC2)cc1. The van der Waals surface area contributed by atoms with Crippen molar-refractivity contribution in [3.8, 4) is 0 Å². The number of benzene rings is 1. The average molecular weight is 322 g/mol. The lowest BCUT2D eigenvalue weighted by Crippen LogP contribution is -2.47. The first kappa shape index (κ1) is 16.0. The summed E-state index contributed by atoms with van der Waals surface area (Å²) >= 11 is 0. The van der Waals surface area contributed by atoms with Gasteiger partial charge in [-0.05, 0) is 44.7 Å². The molecule has 1 N–H and O–H groups in total. The second-order valence-corrected chi connectivity index (χ2v) is 8.58. The van der Waals surface area contributed by atoms with E-state index < -0.39 is 10.0 Å². The molecule has 3 rings (SSSR count). The summed E-state index contributed by atoms with van der Waals surface area (Å²) in [4.78, 5) is 0.417. The molecule has 0 spiro atoms. The summed E-state index contributed by atoms with van der Waals surface area (Å²) in [6.07, 6.45) is 7.06. The number of sulfonamides is 1. The Morgan fingerprint density at radius 1 is 0.955 bits per heavy atom. The highest BCUT2D eigenvalue weighted by atomic mass is 32.2. The molecule has 4 nitrogen and oxygen atoms in total. The molecular weight excluding hydrogens is 296 g/mol. The highest BCUT2D eigenvalue weighted by Crippen LogP contribution is 2.23. The summed E-state index contributed by atoms with van der Waals surface area (Å²) in [5.74, 6) is 0. The maximum absolute atomic E-state index is 12.7. The van der Waals surface area contributed by atoms with Gasteiger partial charge >= 0.3 is 0 Å². The molecule has 1 aliphatic heterocycles. The number of aryl methyl sites for hydroxylation is 1. The zero-order chi connectivity index (χ0) is 15.6. The van der Waals surface area contributed by atoms with Gasteiger partial charge in [-0.15, -0.1) is 0 Å². The maximum atomic E-state index is 12.7. The molecule has 1 aromatic rings. The van der Waals surface area contributed by atoms with E-state index in [1.807, 2.05) is 19.1 Å². The van der Waals surface area contributed by atoms with Crippen molar-refractivity contribution in [3.63, 3.8) is 0 Å². The van der Waals surface area contributed by atoms with Crippen molar-refractivity contribution in [1.82, 2.24) is 9.62 Å². The zero-order valence-electron chi connectivity index (χ0n) is 13.3. The van der Waals surface area contributed by atoms with Gasteiger partial charge in [-0.25, -0.2) is 8.42 Å². The lowest BCUT2D eigenvalue weighted by atomic mass is 10.1. The number of hydrogen-bond donors (Lipinski definition) is 1. The predicted molar refractivity (Wildman–Crippen MR) is 88.4 cm³/mol. The van der Waals surface area contributed by atoms with Gasteiger partial charge < -0.3 is 5.32 Å². The van der Waals surface area contributed by atoms with Crippen molar-refractivity contribution in [2.75, 3.05) is 13.1 Å². The Hall–Kier alpha value is -0.910. The molecule has 5 heteroatoms. The molecule has 1 aromatic carbocycles. The third-order valence-electron chi connectivity index (χ3n) is 4.94. The second kappa shape index (κ2) is 6.69. The van der Waals surface area contributed by atoms with E-state index in [1.165, 1.54) is 25.7 Å². The van der Waals surface area contributed by atoms with E-state index in [1.54, 1.807) is 16.4 Å². The molecule has 0 radical (unpaired) electrons. The molecule has 0 amide bonds. The van der Waals surface area contributed by atoms with Crippen LogP contribution in [0.15, 0.2) is 29.2 Å². The van der Waals surface area contributed by atoms with Gasteiger partial charge in [0.1, 0.15) is 0 Å². The van der Waals surface area contributed by atoms with Crippen molar-refractivity contribution in [1.29, 1.82) is 0 Å². The largest absolute Gasteiger partial charge is 0.311 e. The molecule has 0 bridgehead atoms. The van der Waals surface area contributed by atoms with Crippen LogP contribution in [0.3, 0.4) is 0 Å². The number of hydrogen-bond acceptors (Lipinski definition) is 3. The number of piperidine rings is 1. The summed E-state index contributed by atoms with van der Waals surface area (Å²) in [5, 5.41) is 3.72. The van der Waals surface area contributed by atoms with Crippen LogP contribution >= 0.6 is 0 Å². The lowest BCUT2D eigenvalue weighted by molar-refractivity contribution is 0.273. The van der Waals surface area contributed by atoms with Crippen LogP contribution in [0.2, 0.25) is 0 Å². The summed E-state index contributed by atoms with van der Waals surface area (Å²) in [7, 11) is -3.32. The second-order valence-electron chi connectivity index (χ2n) is 6.64. The van der Waals surface area contributed by atoms with E-state index in [0.717, 1.165) is 18.4 Å². The Bertz CT molecular complexity index is 584. The Labute approximate surface area is 134 Å². The van der Waals surface area contributed by atoms with E-state index in [4.69, 9.17) is 0 Å². The molecule has 1 heterocycles. The molecule has 122 valence electrons. The normalized spacial score (nSPS) is 22.2. The number of rotatable bonds is 4. The molecule has 2 fully saturated rings. The van der Waals surface area contributed by atoms with Crippen LogP contribution in [0.25, 0.3) is 0 Å². The molecule has 0 unspecified atom stereocenters. The molecule has 1 aliphatic carbocycles. The number of nitrogens with one attached hydrogen (secondary N) is 1. The quantitative estimate of drug-likeness (QED) is 0.927. The van der Waals surface area contributed by atoms with Gasteiger partial charge in [-0.1, -0.05) is 30.5 Å². The van der Waals surface area contributed by atoms with Crippen molar-refractivity contribution < 1.29 is 8.42 Å². The van der Waals surface area contributed by atoms with Crippen molar-refractivity contribution >= 4 is 10.0 Å². The van der Waals surface area contributed by atoms with Crippen LogP contribution in [-0.2, 0) is 10.0 Å². The van der Waals surface area contributed by atoms with Gasteiger partial charge in [0, 0.05) is 25.2 Å². The highest BCUT2D eigenvalue weighted by Gasteiger charge is 2.30. The smallest absolute Gasteiger partial charge is 0.243 e. The Morgan fingerprint density at radius 2 is 1.50 bits per heavy atom. The van der Waals surface area contributed by atoms with Crippen LogP contribution in [0.1, 0.15) is 44.1 Å². The number of nitrogens with zero attached hydrogens (tertiary/aromatic N) is 1. The first-order valence-corrected chi connectivity index (χ1v) is 9.82. The first-order chi connectivity index (χ1) is 10.6. The van der Waals surface area contributed by atoms with Gasteiger partial charge in [0.2, 0.25) is 10.0 Å². The van der Waals surface area contributed by atoms with E-state index in [2.05, 4.69) is 5.32 Å². The Kier molecular flexibility index (Phi) is 4.85. The van der Waals surface area contributed by atoms with Crippen molar-refractivity contribution in [3.05, 3.63) is 29.8 Å². The minimum atomic E-state index is -3.32. The summed E-state index contributed by atoms with van der Waals surface area (Å²) < 4.78 is 27.0. The lowest BCUT2D eigenvalue weighted by Gasteiger charge is -2.33. The van der Waals surface area contributed by atoms with Crippen molar-refractivity contribution in [2.24, 2.45) is 0 Å². The van der Waals surface area contributed by atoms with Crippen LogP contribution in [-0.4, -0.2) is 37.9 Å². The minimum absolute atomic E-state index is 0.417. The Balaban J connectivity index is 1.59. The maximum Gasteiger partial charge on any atom is 0.243 e. The van der Waals surface area contributed by atoms with E-state index in [9.17, 15) is 8.42 Å². The van der Waals surface area contributed by atoms with Crippen molar-refractivity contribution in [2.45, 2.75) is 62.4 Å². The fourth-order valence-corrected chi connectivity index (χ4v) is 5.02. The standard InChI is InChI=1S/C17H26N2O2S/c1-14-6-8-17(9-7-14)22(20,21)19-12-10-16(11-13-19)18-15-4-2-3-5-15/h6-9,15-16,18H,2-5,10-13H2,1H3. The first-order valence-electron chi connectivity index (χ1n) is 8.38. The molecule has 1 saturated heterocycles. The topological polar surface area (TPSA) is 49.4 Å². The third kappa shape index (κ3) is 3.53. The molecule has 0 aromatic heterocycles. The molecule has 22 heavy (non-hydrogen) atoms. The summed E-state index contributed by atoms with van der Waals surface area (Å²) in [6.45, 7) is 3.22. The third-order valence-corrected chi connectivity index (χ3v) is 6.85. The van der Waals surface area contributed by atoms with E-state index in [0.29, 0.717) is 30.1 Å². The zero-order valence-corrected chi connectivity index (χ0v) is 14.1. The van der Waals surface area contributed by atoms with Crippen LogP contribution in [0.4, 0.5) is 0 Å². The van der Waals surface area contributed by atoms with Gasteiger partial charge in [-0.3, -0.25) is 0 Å². The predicted octanol–water partition coefficient (Wildman–Crippen LogP) is 2.68. The summed E-state index contributed by atoms with van der Waals surface area (Å²) in [5.41, 5.74) is 1.08. The highest BCUT2D eigenvalue weighted by molar-refractivity contribution is 7.89. The van der Waals surface area contributed by atoms with Crippen LogP contribution in [0.5, 0.6) is 0 Å². The summed E-state index contributed by atoms with van der Waals surface area (Å²) in [6, 6.07) is 8.29. The minimum Gasteiger partial charge on any atom is -0.311 e. The van der Waals surface area contributed by atoms with Gasteiger partial charge in [-0.2, -0.15) is 4.31 Å². The van der Waals surface area contributed by atoms with Gasteiger partial charge in [0.25, 0.3) is 0 Å². The van der Waals surface area contributed by atoms with E-state index >= 15 is 0 Å². The van der Waals surface area contributed by atoms with Crippen LogP contribution in [0, 0.1) is 6.92 Å². The van der Waals surface area contributed by atoms with Crippen LogP contribution < -0.4 is 5.32 Å².